The van der Waals surface area contributed by atoms with Crippen LogP contribution >= 0.6 is 0 Å². The first-order valence-electron chi connectivity index (χ1n) is 9.07. The number of methoxy groups -OCH3 is 1. The maximum absolute atomic E-state index is 12.3. The van der Waals surface area contributed by atoms with E-state index in [1.807, 2.05) is 26.0 Å². The number of hydrogen-bond acceptors (Lipinski definition) is 5. The Balaban J connectivity index is 2.09. The van der Waals surface area contributed by atoms with Gasteiger partial charge in [-0.05, 0) is 17.7 Å². The normalized spacial score (nSPS) is 15.9. The van der Waals surface area contributed by atoms with Crippen LogP contribution in [0.25, 0.3) is 0 Å². The summed E-state index contributed by atoms with van der Waals surface area (Å²) in [7, 11) is 1.53. The lowest BCUT2D eigenvalue weighted by Gasteiger charge is -2.27. The third-order valence-corrected chi connectivity index (χ3v) is 4.58. The number of carbonyl (C=O) groups is 2. The average molecular weight is 368 g/mol. The van der Waals surface area contributed by atoms with E-state index < -0.39 is 0 Å². The zero-order valence-electron chi connectivity index (χ0n) is 16.0. The van der Waals surface area contributed by atoms with Crippen molar-refractivity contribution in [3.63, 3.8) is 0 Å². The summed E-state index contributed by atoms with van der Waals surface area (Å²) in [5.41, 5.74) is 2.95. The van der Waals surface area contributed by atoms with Gasteiger partial charge in [0, 0.05) is 42.6 Å². The highest BCUT2D eigenvalue weighted by Gasteiger charge is 2.29. The number of nitrogens with one attached hydrogen (secondary N) is 2. The van der Waals surface area contributed by atoms with Crippen LogP contribution in [0.1, 0.15) is 62.5 Å². The van der Waals surface area contributed by atoms with E-state index in [0.29, 0.717) is 23.5 Å². The second-order valence-electron chi connectivity index (χ2n) is 6.84. The number of nitrogens with zero attached hydrogens (tertiary/aromatic N) is 2. The highest BCUT2D eigenvalue weighted by Crippen LogP contribution is 2.41. The van der Waals surface area contributed by atoms with Crippen molar-refractivity contribution in [3.05, 3.63) is 41.5 Å². The van der Waals surface area contributed by atoms with Gasteiger partial charge in [-0.25, -0.2) is 9.97 Å². The molecule has 7 heteroatoms. The second-order valence-corrected chi connectivity index (χ2v) is 6.84. The van der Waals surface area contributed by atoms with E-state index in [1.54, 1.807) is 19.2 Å². The van der Waals surface area contributed by atoms with Crippen molar-refractivity contribution in [2.45, 2.75) is 45.4 Å². The van der Waals surface area contributed by atoms with Gasteiger partial charge in [-0.1, -0.05) is 20.8 Å². The van der Waals surface area contributed by atoms with Crippen molar-refractivity contribution in [2.75, 3.05) is 17.7 Å². The number of anilines is 2. The maximum atomic E-state index is 12.3. The topological polar surface area (TPSA) is 93.2 Å². The van der Waals surface area contributed by atoms with Crippen molar-refractivity contribution in [1.82, 2.24) is 9.97 Å². The molecular formula is C20H24N4O3. The van der Waals surface area contributed by atoms with Crippen LogP contribution in [0.5, 0.6) is 5.75 Å². The van der Waals surface area contributed by atoms with Gasteiger partial charge in [0.1, 0.15) is 11.6 Å². The molecule has 0 bridgehead atoms. The molecule has 0 radical (unpaired) electrons. The summed E-state index contributed by atoms with van der Waals surface area (Å²) in [5.74, 6) is 1.04. The van der Waals surface area contributed by atoms with Gasteiger partial charge in [-0.15, -0.1) is 0 Å². The minimum absolute atomic E-state index is 0.0791. The first-order valence-corrected chi connectivity index (χ1v) is 9.07. The first kappa shape index (κ1) is 18.8. The molecule has 1 atom stereocenters. The molecule has 3 rings (SSSR count). The summed E-state index contributed by atoms with van der Waals surface area (Å²) in [6, 6.07) is 5.45. The van der Waals surface area contributed by atoms with Gasteiger partial charge in [-0.2, -0.15) is 0 Å². The average Bonchev–Trinajstić information content (AvgIpc) is 2.67. The SMILES string of the molecule is CCC(=O)Nc1cc2c(cc1OC)NC(=O)CC2c1ccnc(C(C)C)n1. The molecule has 27 heavy (non-hydrogen) atoms. The van der Waals surface area contributed by atoms with Gasteiger partial charge in [-0.3, -0.25) is 9.59 Å². The lowest BCUT2D eigenvalue weighted by Crippen LogP contribution is -2.25. The molecule has 1 aliphatic rings. The largest absolute Gasteiger partial charge is 0.494 e. The third-order valence-electron chi connectivity index (χ3n) is 4.58. The number of fused-ring (bicyclic) bond motifs is 1. The molecule has 0 spiro atoms. The molecule has 1 aliphatic heterocycles. The Hall–Kier alpha value is -2.96. The lowest BCUT2D eigenvalue weighted by molar-refractivity contribution is -0.117. The van der Waals surface area contributed by atoms with E-state index in [0.717, 1.165) is 17.1 Å². The van der Waals surface area contributed by atoms with Crippen LogP contribution in [0, 0.1) is 0 Å². The molecule has 1 aromatic heterocycles. The molecule has 2 heterocycles. The number of hydrogen-bond donors (Lipinski definition) is 2. The molecular weight excluding hydrogens is 344 g/mol. The fourth-order valence-corrected chi connectivity index (χ4v) is 3.12. The van der Waals surface area contributed by atoms with Gasteiger partial charge in [0.25, 0.3) is 0 Å². The highest BCUT2D eigenvalue weighted by molar-refractivity contribution is 5.98. The van der Waals surface area contributed by atoms with Crippen LogP contribution < -0.4 is 15.4 Å². The van der Waals surface area contributed by atoms with Crippen LogP contribution in [0.15, 0.2) is 24.4 Å². The van der Waals surface area contributed by atoms with Crippen molar-refractivity contribution in [1.29, 1.82) is 0 Å². The molecule has 0 fully saturated rings. The molecule has 2 N–H and O–H groups in total. The van der Waals surface area contributed by atoms with E-state index in [2.05, 4.69) is 20.6 Å². The third kappa shape index (κ3) is 3.92. The number of amides is 2. The first-order chi connectivity index (χ1) is 12.9. The second kappa shape index (κ2) is 7.73. The molecule has 0 aliphatic carbocycles. The Kier molecular flexibility index (Phi) is 5.39. The molecule has 0 saturated heterocycles. The van der Waals surface area contributed by atoms with Crippen LogP contribution in [-0.2, 0) is 9.59 Å². The summed E-state index contributed by atoms with van der Waals surface area (Å²) >= 11 is 0. The Morgan fingerprint density at radius 1 is 1.41 bits per heavy atom. The van der Waals surface area contributed by atoms with Crippen LogP contribution in [-0.4, -0.2) is 28.9 Å². The Morgan fingerprint density at radius 3 is 2.85 bits per heavy atom. The smallest absolute Gasteiger partial charge is 0.225 e. The number of aromatic nitrogens is 2. The summed E-state index contributed by atoms with van der Waals surface area (Å²) in [5, 5.41) is 5.76. The summed E-state index contributed by atoms with van der Waals surface area (Å²) in [6.45, 7) is 5.85. The Morgan fingerprint density at radius 2 is 2.19 bits per heavy atom. The predicted octanol–water partition coefficient (Wildman–Crippen LogP) is 3.43. The number of benzene rings is 1. The summed E-state index contributed by atoms with van der Waals surface area (Å²) < 4.78 is 5.39. The van der Waals surface area contributed by atoms with Crippen molar-refractivity contribution < 1.29 is 14.3 Å². The zero-order valence-corrected chi connectivity index (χ0v) is 16.0. The van der Waals surface area contributed by atoms with Gasteiger partial charge >= 0.3 is 0 Å². The quantitative estimate of drug-likeness (QED) is 0.843. The van der Waals surface area contributed by atoms with Gasteiger partial charge < -0.3 is 15.4 Å². The standard InChI is InChI=1S/C20H24N4O3/c1-5-18(25)23-16-8-12-13(14-6-7-21-20(24-14)11(2)3)9-19(26)22-15(12)10-17(16)27-4/h6-8,10-11,13H,5,9H2,1-4H3,(H,22,26)(H,23,25). The van der Waals surface area contributed by atoms with Crippen LogP contribution in [0.3, 0.4) is 0 Å². The Labute approximate surface area is 158 Å². The molecule has 142 valence electrons. The summed E-state index contributed by atoms with van der Waals surface area (Å²) in [6.07, 6.45) is 2.38. The number of rotatable bonds is 5. The number of carbonyl (C=O) groups excluding carboxylic acids is 2. The lowest BCUT2D eigenvalue weighted by atomic mass is 9.87. The van der Waals surface area contributed by atoms with Gasteiger partial charge in [0.05, 0.1) is 18.5 Å². The van der Waals surface area contributed by atoms with E-state index in [9.17, 15) is 9.59 Å². The van der Waals surface area contributed by atoms with Gasteiger partial charge in [0.15, 0.2) is 0 Å². The van der Waals surface area contributed by atoms with E-state index >= 15 is 0 Å². The highest BCUT2D eigenvalue weighted by atomic mass is 16.5. The Bertz CT molecular complexity index is 880. The fraction of sp³-hybridized carbons (Fsp3) is 0.400. The molecule has 7 nitrogen and oxygen atoms in total. The van der Waals surface area contributed by atoms with Gasteiger partial charge in [0.2, 0.25) is 11.8 Å². The molecule has 2 amide bonds. The van der Waals surface area contributed by atoms with E-state index in [4.69, 9.17) is 4.74 Å². The minimum Gasteiger partial charge on any atom is -0.494 e. The molecule has 0 saturated carbocycles. The summed E-state index contributed by atoms with van der Waals surface area (Å²) in [4.78, 5) is 33.1. The van der Waals surface area contributed by atoms with Crippen LogP contribution in [0.4, 0.5) is 11.4 Å². The predicted molar refractivity (Wildman–Crippen MR) is 103 cm³/mol. The van der Waals surface area contributed by atoms with Crippen molar-refractivity contribution >= 4 is 23.2 Å². The van der Waals surface area contributed by atoms with E-state index in [-0.39, 0.29) is 30.1 Å². The maximum Gasteiger partial charge on any atom is 0.225 e. The minimum atomic E-state index is -0.211. The molecule has 1 aromatic carbocycles. The molecule has 1 unspecified atom stereocenters. The van der Waals surface area contributed by atoms with Crippen LogP contribution in [0.2, 0.25) is 0 Å². The number of ether oxygens (including phenoxy) is 1. The fourth-order valence-electron chi connectivity index (χ4n) is 3.12. The molecule has 2 aromatic rings. The van der Waals surface area contributed by atoms with Crippen molar-refractivity contribution in [3.8, 4) is 5.75 Å². The monoisotopic (exact) mass is 368 g/mol. The zero-order chi connectivity index (χ0) is 19.6. The van der Waals surface area contributed by atoms with Crippen molar-refractivity contribution in [2.24, 2.45) is 0 Å². The van der Waals surface area contributed by atoms with E-state index in [1.165, 1.54) is 7.11 Å².